The van der Waals surface area contributed by atoms with Crippen molar-refractivity contribution >= 4 is 11.8 Å². The van der Waals surface area contributed by atoms with Gasteiger partial charge in [-0.3, -0.25) is 9.59 Å². The van der Waals surface area contributed by atoms with Crippen LogP contribution in [0, 0.1) is 0 Å². The molecule has 0 fully saturated rings. The monoisotopic (exact) mass is 369 g/mol. The summed E-state index contributed by atoms with van der Waals surface area (Å²) in [5.74, 6) is 0.444. The van der Waals surface area contributed by atoms with Crippen LogP contribution in [-0.2, 0) is 6.42 Å². The highest BCUT2D eigenvalue weighted by atomic mass is 16.5. The Labute approximate surface area is 160 Å². The fourth-order valence-corrected chi connectivity index (χ4v) is 2.51. The molecule has 0 radical (unpaired) electrons. The van der Waals surface area contributed by atoms with E-state index in [4.69, 9.17) is 4.74 Å². The first-order valence-electron chi connectivity index (χ1n) is 8.93. The van der Waals surface area contributed by atoms with Crippen molar-refractivity contribution in [2.45, 2.75) is 6.42 Å². The van der Waals surface area contributed by atoms with Crippen molar-refractivity contribution in [2.24, 2.45) is 0 Å². The zero-order valence-corrected chi connectivity index (χ0v) is 16.1. The number of likely N-dealkylation sites (N-methyl/N-ethyl adjacent to an activating group) is 1. The van der Waals surface area contributed by atoms with Crippen molar-refractivity contribution in [1.82, 2.24) is 15.5 Å². The van der Waals surface area contributed by atoms with Gasteiger partial charge in [-0.25, -0.2) is 0 Å². The summed E-state index contributed by atoms with van der Waals surface area (Å²) in [7, 11) is 5.53. The third kappa shape index (κ3) is 6.75. The molecule has 0 spiro atoms. The third-order valence-electron chi connectivity index (χ3n) is 4.09. The molecule has 0 aliphatic heterocycles. The molecule has 0 aromatic heterocycles. The minimum Gasteiger partial charge on any atom is -0.497 e. The fourth-order valence-electron chi connectivity index (χ4n) is 2.51. The van der Waals surface area contributed by atoms with Crippen molar-refractivity contribution in [3.63, 3.8) is 0 Å². The van der Waals surface area contributed by atoms with Crippen LogP contribution in [0.25, 0.3) is 0 Å². The summed E-state index contributed by atoms with van der Waals surface area (Å²) in [6.45, 7) is 1.84. The lowest BCUT2D eigenvalue weighted by Gasteiger charge is -2.11. The first kappa shape index (κ1) is 20.5. The number of carbonyl (C=O) groups is 2. The molecule has 6 nitrogen and oxygen atoms in total. The van der Waals surface area contributed by atoms with Crippen LogP contribution >= 0.6 is 0 Å². The molecule has 2 N–H and O–H groups in total. The van der Waals surface area contributed by atoms with Crippen LogP contribution in [0.15, 0.2) is 48.5 Å². The highest BCUT2D eigenvalue weighted by Gasteiger charge is 2.10. The molecular weight excluding hydrogens is 342 g/mol. The number of amides is 2. The van der Waals surface area contributed by atoms with Gasteiger partial charge in [0.2, 0.25) is 0 Å². The van der Waals surface area contributed by atoms with Gasteiger partial charge in [-0.15, -0.1) is 0 Å². The van der Waals surface area contributed by atoms with Gasteiger partial charge in [-0.2, -0.15) is 0 Å². The molecule has 2 aromatic rings. The molecule has 0 aliphatic rings. The number of methoxy groups -OCH3 is 1. The maximum atomic E-state index is 12.3. The number of nitrogens with zero attached hydrogens (tertiary/aromatic N) is 1. The smallest absolute Gasteiger partial charge is 0.251 e. The Morgan fingerprint density at radius 2 is 1.52 bits per heavy atom. The molecule has 27 heavy (non-hydrogen) atoms. The van der Waals surface area contributed by atoms with Crippen LogP contribution in [0.2, 0.25) is 0 Å². The summed E-state index contributed by atoms with van der Waals surface area (Å²) in [5.41, 5.74) is 2.08. The predicted molar refractivity (Wildman–Crippen MR) is 106 cm³/mol. The lowest BCUT2D eigenvalue weighted by molar-refractivity contribution is 0.0951. The average Bonchev–Trinajstić information content (AvgIpc) is 2.68. The maximum Gasteiger partial charge on any atom is 0.251 e. The van der Waals surface area contributed by atoms with Gasteiger partial charge >= 0.3 is 0 Å². The van der Waals surface area contributed by atoms with Gasteiger partial charge in [0.05, 0.1) is 7.11 Å². The lowest BCUT2D eigenvalue weighted by Crippen LogP contribution is -2.31. The molecule has 0 aliphatic carbocycles. The summed E-state index contributed by atoms with van der Waals surface area (Å²) >= 11 is 0. The van der Waals surface area contributed by atoms with Crippen molar-refractivity contribution in [3.8, 4) is 5.75 Å². The fraction of sp³-hybridized carbons (Fsp3) is 0.333. The number of carbonyl (C=O) groups excluding carboxylic acids is 2. The van der Waals surface area contributed by atoms with E-state index in [0.29, 0.717) is 24.2 Å². The highest BCUT2D eigenvalue weighted by Crippen LogP contribution is 2.11. The average molecular weight is 369 g/mol. The van der Waals surface area contributed by atoms with Crippen LogP contribution in [0.4, 0.5) is 0 Å². The molecule has 144 valence electrons. The second kappa shape index (κ2) is 10.3. The summed E-state index contributed by atoms with van der Waals surface area (Å²) in [4.78, 5) is 26.5. The number of hydrogen-bond donors (Lipinski definition) is 2. The number of nitrogens with one attached hydrogen (secondary N) is 2. The van der Waals surface area contributed by atoms with E-state index >= 15 is 0 Å². The van der Waals surface area contributed by atoms with Crippen LogP contribution < -0.4 is 15.4 Å². The molecule has 2 rings (SSSR count). The Bertz CT molecular complexity index is 758. The number of rotatable bonds is 9. The molecule has 2 aromatic carbocycles. The molecule has 2 amide bonds. The van der Waals surface area contributed by atoms with Gasteiger partial charge in [-0.1, -0.05) is 18.2 Å². The number of ether oxygens (including phenoxy) is 1. The normalized spacial score (nSPS) is 10.5. The highest BCUT2D eigenvalue weighted by molar-refractivity contribution is 5.99. The van der Waals surface area contributed by atoms with E-state index in [-0.39, 0.29) is 11.8 Å². The largest absolute Gasteiger partial charge is 0.497 e. The van der Waals surface area contributed by atoms with Crippen molar-refractivity contribution in [1.29, 1.82) is 0 Å². The van der Waals surface area contributed by atoms with E-state index in [1.807, 2.05) is 43.3 Å². The van der Waals surface area contributed by atoms with Gasteiger partial charge in [0, 0.05) is 30.8 Å². The lowest BCUT2D eigenvalue weighted by atomic mass is 10.1. The van der Waals surface area contributed by atoms with E-state index in [1.54, 1.807) is 31.4 Å². The SMILES string of the molecule is COc1ccc(CCNC(=O)c2cccc(C(=O)NCCN(C)C)c2)cc1. The molecular formula is C21H27N3O3. The Morgan fingerprint density at radius 3 is 2.07 bits per heavy atom. The zero-order chi connectivity index (χ0) is 19.6. The Morgan fingerprint density at radius 1 is 0.926 bits per heavy atom. The standard InChI is InChI=1S/C21H27N3O3/c1-24(2)14-13-23-21(26)18-6-4-5-17(15-18)20(25)22-12-11-16-7-9-19(27-3)10-8-16/h4-10,15H,11-14H2,1-3H3,(H,22,25)(H,23,26). The first-order valence-corrected chi connectivity index (χ1v) is 8.93. The molecule has 6 heteroatoms. The van der Waals surface area contributed by atoms with Gasteiger partial charge < -0.3 is 20.3 Å². The van der Waals surface area contributed by atoms with E-state index in [1.165, 1.54) is 0 Å². The quantitative estimate of drug-likeness (QED) is 0.709. The van der Waals surface area contributed by atoms with Crippen LogP contribution in [0.3, 0.4) is 0 Å². The van der Waals surface area contributed by atoms with Gasteiger partial charge in [0.15, 0.2) is 0 Å². The second-order valence-electron chi connectivity index (χ2n) is 6.49. The molecule has 0 heterocycles. The summed E-state index contributed by atoms with van der Waals surface area (Å²) < 4.78 is 5.13. The molecule has 0 bridgehead atoms. The number of hydrogen-bond acceptors (Lipinski definition) is 4. The third-order valence-corrected chi connectivity index (χ3v) is 4.09. The van der Waals surface area contributed by atoms with E-state index in [0.717, 1.165) is 24.3 Å². The van der Waals surface area contributed by atoms with Crippen molar-refractivity contribution < 1.29 is 14.3 Å². The van der Waals surface area contributed by atoms with Crippen molar-refractivity contribution in [3.05, 3.63) is 65.2 Å². The minimum atomic E-state index is -0.188. The summed E-state index contributed by atoms with van der Waals surface area (Å²) in [6.07, 6.45) is 0.723. The summed E-state index contributed by atoms with van der Waals surface area (Å²) in [6, 6.07) is 14.5. The molecule has 0 unspecified atom stereocenters. The van der Waals surface area contributed by atoms with Gasteiger partial charge in [0.25, 0.3) is 11.8 Å². The van der Waals surface area contributed by atoms with Gasteiger partial charge in [0.1, 0.15) is 5.75 Å². The van der Waals surface area contributed by atoms with E-state index < -0.39 is 0 Å². The molecule has 0 atom stereocenters. The topological polar surface area (TPSA) is 70.7 Å². The molecule has 0 saturated carbocycles. The summed E-state index contributed by atoms with van der Waals surface area (Å²) in [5, 5.41) is 5.74. The molecule has 0 saturated heterocycles. The first-order chi connectivity index (χ1) is 13.0. The number of benzene rings is 2. The van der Waals surface area contributed by atoms with E-state index in [2.05, 4.69) is 10.6 Å². The van der Waals surface area contributed by atoms with Crippen molar-refractivity contribution in [2.75, 3.05) is 40.8 Å². The maximum absolute atomic E-state index is 12.3. The Hall–Kier alpha value is -2.86. The Kier molecular flexibility index (Phi) is 7.82. The van der Waals surface area contributed by atoms with Crippen LogP contribution in [-0.4, -0.2) is 57.6 Å². The van der Waals surface area contributed by atoms with Crippen LogP contribution in [0.1, 0.15) is 26.3 Å². The van der Waals surface area contributed by atoms with E-state index in [9.17, 15) is 9.59 Å². The zero-order valence-electron chi connectivity index (χ0n) is 16.1. The minimum absolute atomic E-state index is 0.176. The van der Waals surface area contributed by atoms with Crippen LogP contribution in [0.5, 0.6) is 5.75 Å². The Balaban J connectivity index is 1.85. The van der Waals surface area contributed by atoms with Gasteiger partial charge in [-0.05, 0) is 56.4 Å². The second-order valence-corrected chi connectivity index (χ2v) is 6.49. The predicted octanol–water partition coefficient (Wildman–Crippen LogP) is 1.96.